The Bertz CT molecular complexity index is 1180. The average molecular weight is 422 g/mol. The highest BCUT2D eigenvalue weighted by Gasteiger charge is 2.25. The number of non-ortho nitro benzene ring substituents is 1. The van der Waals surface area contributed by atoms with E-state index in [0.717, 1.165) is 29.7 Å². The van der Waals surface area contributed by atoms with Gasteiger partial charge >= 0.3 is 7.60 Å². The Kier molecular flexibility index (Phi) is 5.48. The van der Waals surface area contributed by atoms with Gasteiger partial charge in [0.2, 0.25) is 10.0 Å². The predicted octanol–water partition coefficient (Wildman–Crippen LogP) is 3.25. The highest BCUT2D eigenvalue weighted by atomic mass is 32.2. The fourth-order valence-corrected chi connectivity index (χ4v) is 4.95. The van der Waals surface area contributed by atoms with E-state index in [2.05, 4.69) is 4.72 Å². The van der Waals surface area contributed by atoms with Gasteiger partial charge in [-0.2, -0.15) is 4.72 Å². The van der Waals surface area contributed by atoms with E-state index in [0.29, 0.717) is 5.39 Å². The standard InChI is InChI=1S/C17H15N2O7PS/c20-19(21)15-6-8-16(9-7-15)26-27(22,23)12-18-28(24,25)17-10-5-13-3-1-2-4-14(13)11-17/h1-11,18H,12H2,(H,22,23). The first kappa shape index (κ1) is 20.0. The zero-order valence-electron chi connectivity index (χ0n) is 14.3. The lowest BCUT2D eigenvalue weighted by Gasteiger charge is -2.14. The molecule has 0 aliphatic rings. The molecule has 11 heteroatoms. The van der Waals surface area contributed by atoms with Gasteiger partial charge in [-0.15, -0.1) is 0 Å². The van der Waals surface area contributed by atoms with Gasteiger partial charge in [-0.3, -0.25) is 10.1 Å². The Morgan fingerprint density at radius 3 is 2.32 bits per heavy atom. The Morgan fingerprint density at radius 2 is 1.68 bits per heavy atom. The van der Waals surface area contributed by atoms with Crippen LogP contribution in [0.5, 0.6) is 5.75 Å². The molecular formula is C17H15N2O7PS. The van der Waals surface area contributed by atoms with Gasteiger partial charge in [0.1, 0.15) is 12.0 Å². The number of fused-ring (bicyclic) bond motifs is 1. The van der Waals surface area contributed by atoms with Crippen molar-refractivity contribution in [1.29, 1.82) is 0 Å². The Morgan fingerprint density at radius 1 is 1.04 bits per heavy atom. The Hall–Kier alpha value is -2.78. The molecular weight excluding hydrogens is 407 g/mol. The predicted molar refractivity (Wildman–Crippen MR) is 103 cm³/mol. The largest absolute Gasteiger partial charge is 0.424 e. The molecule has 1 unspecified atom stereocenters. The zero-order chi connectivity index (χ0) is 20.4. The molecule has 0 fully saturated rings. The summed E-state index contributed by atoms with van der Waals surface area (Å²) in [6, 6.07) is 16.2. The van der Waals surface area contributed by atoms with Crippen molar-refractivity contribution in [2.45, 2.75) is 4.90 Å². The van der Waals surface area contributed by atoms with Gasteiger partial charge in [0, 0.05) is 12.1 Å². The van der Waals surface area contributed by atoms with E-state index in [1.165, 1.54) is 12.1 Å². The average Bonchev–Trinajstić information content (AvgIpc) is 2.66. The van der Waals surface area contributed by atoms with Crippen LogP contribution >= 0.6 is 7.60 Å². The molecule has 9 nitrogen and oxygen atoms in total. The minimum atomic E-state index is -4.38. The normalized spacial score (nSPS) is 13.8. The van der Waals surface area contributed by atoms with Crippen LogP contribution in [0.15, 0.2) is 71.6 Å². The zero-order valence-corrected chi connectivity index (χ0v) is 16.0. The highest BCUT2D eigenvalue weighted by molar-refractivity contribution is 7.89. The lowest BCUT2D eigenvalue weighted by Crippen LogP contribution is -2.25. The monoisotopic (exact) mass is 422 g/mol. The molecule has 0 spiro atoms. The van der Waals surface area contributed by atoms with Crippen molar-refractivity contribution in [1.82, 2.24) is 4.72 Å². The number of hydrogen-bond donors (Lipinski definition) is 2. The molecule has 146 valence electrons. The quantitative estimate of drug-likeness (QED) is 0.339. The second kappa shape index (κ2) is 7.69. The number of hydrogen-bond acceptors (Lipinski definition) is 6. The molecule has 0 aliphatic heterocycles. The van der Waals surface area contributed by atoms with E-state index in [9.17, 15) is 28.0 Å². The van der Waals surface area contributed by atoms with Crippen LogP contribution in [0.3, 0.4) is 0 Å². The lowest BCUT2D eigenvalue weighted by atomic mass is 10.1. The van der Waals surface area contributed by atoms with Crippen LogP contribution in [-0.4, -0.2) is 24.5 Å². The Labute approximate surface area is 160 Å². The van der Waals surface area contributed by atoms with Crippen molar-refractivity contribution in [3.8, 4) is 5.75 Å². The van der Waals surface area contributed by atoms with Crippen molar-refractivity contribution in [3.05, 3.63) is 76.8 Å². The van der Waals surface area contributed by atoms with Crippen LogP contribution in [-0.2, 0) is 14.6 Å². The van der Waals surface area contributed by atoms with Gasteiger partial charge in [-0.05, 0) is 35.0 Å². The third kappa shape index (κ3) is 4.73. The molecule has 0 radical (unpaired) electrons. The number of nitro benzene ring substituents is 1. The molecule has 0 saturated heterocycles. The summed E-state index contributed by atoms with van der Waals surface area (Å²) in [4.78, 5) is 19.8. The van der Waals surface area contributed by atoms with E-state index < -0.39 is 28.8 Å². The highest BCUT2D eigenvalue weighted by Crippen LogP contribution is 2.42. The molecule has 3 rings (SSSR count). The van der Waals surface area contributed by atoms with Crippen molar-refractivity contribution in [3.63, 3.8) is 0 Å². The van der Waals surface area contributed by atoms with Crippen LogP contribution in [0.4, 0.5) is 5.69 Å². The smallest absolute Gasteiger partial charge is 0.391 e. The maximum atomic E-state index is 12.4. The third-order valence-electron chi connectivity index (χ3n) is 3.78. The molecule has 0 amide bonds. The van der Waals surface area contributed by atoms with Gasteiger partial charge in [-0.25, -0.2) is 13.0 Å². The van der Waals surface area contributed by atoms with Crippen molar-refractivity contribution >= 4 is 34.1 Å². The molecule has 28 heavy (non-hydrogen) atoms. The molecule has 2 N–H and O–H groups in total. The van der Waals surface area contributed by atoms with Crippen LogP contribution in [0.25, 0.3) is 10.8 Å². The molecule has 3 aromatic carbocycles. The number of nitro groups is 1. The van der Waals surface area contributed by atoms with E-state index in [-0.39, 0.29) is 16.3 Å². The maximum absolute atomic E-state index is 12.4. The third-order valence-corrected chi connectivity index (χ3v) is 6.45. The SMILES string of the molecule is O=[N+]([O-])c1ccc(OP(=O)(O)CNS(=O)(=O)c2ccc3ccccc3c2)cc1. The summed E-state index contributed by atoms with van der Waals surface area (Å²) in [5, 5.41) is 12.2. The van der Waals surface area contributed by atoms with Crippen LogP contribution in [0, 0.1) is 10.1 Å². The van der Waals surface area contributed by atoms with Crippen molar-refractivity contribution < 1.29 is 27.3 Å². The molecule has 0 heterocycles. The van der Waals surface area contributed by atoms with Crippen LogP contribution < -0.4 is 9.25 Å². The fraction of sp³-hybridized carbons (Fsp3) is 0.0588. The van der Waals surface area contributed by atoms with Crippen molar-refractivity contribution in [2.75, 3.05) is 6.29 Å². The van der Waals surface area contributed by atoms with Crippen LogP contribution in [0.1, 0.15) is 0 Å². The summed E-state index contributed by atoms with van der Waals surface area (Å²) in [5.74, 6) is -0.0960. The minimum Gasteiger partial charge on any atom is -0.424 e. The molecule has 1 atom stereocenters. The summed E-state index contributed by atoms with van der Waals surface area (Å²) in [5.41, 5.74) is -0.211. The molecule has 0 aromatic heterocycles. The number of rotatable bonds is 7. The summed E-state index contributed by atoms with van der Waals surface area (Å²) >= 11 is 0. The topological polar surface area (TPSA) is 136 Å². The summed E-state index contributed by atoms with van der Waals surface area (Å²) in [6.45, 7) is 0. The van der Waals surface area contributed by atoms with Gasteiger partial charge in [0.25, 0.3) is 5.69 Å². The van der Waals surface area contributed by atoms with Gasteiger partial charge in [0.05, 0.1) is 9.82 Å². The number of benzene rings is 3. The number of sulfonamides is 1. The first-order chi connectivity index (χ1) is 13.2. The van der Waals surface area contributed by atoms with Gasteiger partial charge in [0.15, 0.2) is 0 Å². The second-order valence-corrected chi connectivity index (χ2v) is 9.34. The number of nitrogens with one attached hydrogen (secondary N) is 1. The van der Waals surface area contributed by atoms with Crippen LogP contribution in [0.2, 0.25) is 0 Å². The molecule has 0 aliphatic carbocycles. The molecule has 3 aromatic rings. The number of nitrogens with zero attached hydrogens (tertiary/aromatic N) is 1. The minimum absolute atomic E-state index is 0.0541. The first-order valence-corrected chi connectivity index (χ1v) is 11.2. The second-order valence-electron chi connectivity index (χ2n) is 5.79. The van der Waals surface area contributed by atoms with E-state index in [1.807, 2.05) is 12.1 Å². The van der Waals surface area contributed by atoms with Gasteiger partial charge in [-0.1, -0.05) is 30.3 Å². The fourth-order valence-electron chi connectivity index (χ4n) is 2.41. The maximum Gasteiger partial charge on any atom is 0.391 e. The van der Waals surface area contributed by atoms with Gasteiger partial charge < -0.3 is 9.42 Å². The van der Waals surface area contributed by atoms with E-state index in [1.54, 1.807) is 18.2 Å². The summed E-state index contributed by atoms with van der Waals surface area (Å²) < 4.78 is 44.0. The van der Waals surface area contributed by atoms with E-state index in [4.69, 9.17) is 4.52 Å². The Balaban J connectivity index is 1.71. The first-order valence-electron chi connectivity index (χ1n) is 7.91. The summed E-state index contributed by atoms with van der Waals surface area (Å²) in [6.07, 6.45) is -0.862. The van der Waals surface area contributed by atoms with E-state index >= 15 is 0 Å². The molecule has 0 bridgehead atoms. The molecule has 0 saturated carbocycles. The lowest BCUT2D eigenvalue weighted by molar-refractivity contribution is -0.384. The summed E-state index contributed by atoms with van der Waals surface area (Å²) in [7, 11) is -8.43. The van der Waals surface area contributed by atoms with Crippen molar-refractivity contribution in [2.24, 2.45) is 0 Å².